The molecule has 4 heteroatoms. The predicted molar refractivity (Wildman–Crippen MR) is 116 cm³/mol. The van der Waals surface area contributed by atoms with E-state index in [2.05, 4.69) is 6.07 Å². The van der Waals surface area contributed by atoms with E-state index < -0.39 is 0 Å². The number of hydrogen-bond acceptors (Lipinski definition) is 4. The number of fused-ring (bicyclic) bond motifs is 2. The van der Waals surface area contributed by atoms with Gasteiger partial charge in [-0.3, -0.25) is 9.59 Å². The van der Waals surface area contributed by atoms with Crippen molar-refractivity contribution in [3.8, 4) is 0 Å². The molecule has 0 radical (unpaired) electrons. The number of benzene rings is 3. The van der Waals surface area contributed by atoms with Gasteiger partial charge in [0.15, 0.2) is 11.6 Å². The molecular formula is C24H28N2O2. The van der Waals surface area contributed by atoms with Crippen LogP contribution < -0.4 is 11.5 Å². The van der Waals surface area contributed by atoms with Crippen molar-refractivity contribution in [1.29, 1.82) is 0 Å². The Bertz CT molecular complexity index is 917. The molecule has 0 bridgehead atoms. The third kappa shape index (κ3) is 4.46. The third-order valence-corrected chi connectivity index (χ3v) is 5.20. The van der Waals surface area contributed by atoms with Gasteiger partial charge in [0.05, 0.1) is 0 Å². The molecule has 146 valence electrons. The van der Waals surface area contributed by atoms with Gasteiger partial charge in [-0.2, -0.15) is 0 Å². The van der Waals surface area contributed by atoms with Crippen LogP contribution in [0.1, 0.15) is 59.2 Å². The van der Waals surface area contributed by atoms with E-state index >= 15 is 0 Å². The molecule has 0 saturated carbocycles. The molecule has 0 aliphatic rings. The van der Waals surface area contributed by atoms with Crippen LogP contribution in [0, 0.1) is 0 Å². The lowest BCUT2D eigenvalue weighted by atomic mass is 9.92. The van der Waals surface area contributed by atoms with Gasteiger partial charge in [0.1, 0.15) is 0 Å². The van der Waals surface area contributed by atoms with E-state index in [1.165, 1.54) is 0 Å². The van der Waals surface area contributed by atoms with Crippen molar-refractivity contribution < 1.29 is 9.59 Å². The second kappa shape index (κ2) is 9.58. The minimum absolute atomic E-state index is 0.130. The lowest BCUT2D eigenvalue weighted by Gasteiger charge is -2.11. The summed E-state index contributed by atoms with van der Waals surface area (Å²) in [6, 6.07) is 15.7. The fourth-order valence-electron chi connectivity index (χ4n) is 3.67. The van der Waals surface area contributed by atoms with Crippen LogP contribution in [-0.2, 0) is 0 Å². The van der Waals surface area contributed by atoms with Crippen LogP contribution in [0.2, 0.25) is 0 Å². The van der Waals surface area contributed by atoms with Crippen molar-refractivity contribution in [3.05, 3.63) is 59.7 Å². The van der Waals surface area contributed by atoms with Gasteiger partial charge < -0.3 is 11.5 Å². The Morgan fingerprint density at radius 2 is 1.11 bits per heavy atom. The number of carbonyl (C=O) groups excluding carboxylic acids is 2. The first-order valence-electron chi connectivity index (χ1n) is 10.1. The molecule has 0 saturated heterocycles. The molecule has 28 heavy (non-hydrogen) atoms. The largest absolute Gasteiger partial charge is 0.330 e. The number of ketones is 2. The molecule has 0 aliphatic heterocycles. The van der Waals surface area contributed by atoms with E-state index in [0.29, 0.717) is 25.9 Å². The average molecular weight is 377 g/mol. The predicted octanol–water partition coefficient (Wildman–Crippen LogP) is 4.62. The molecule has 0 aliphatic carbocycles. The molecule has 0 heterocycles. The Balaban J connectivity index is 2.03. The van der Waals surface area contributed by atoms with Crippen LogP contribution >= 0.6 is 0 Å². The molecule has 3 aromatic carbocycles. The molecule has 3 rings (SSSR count). The van der Waals surface area contributed by atoms with Crippen molar-refractivity contribution in [2.45, 2.75) is 38.5 Å². The summed E-state index contributed by atoms with van der Waals surface area (Å²) < 4.78 is 0. The zero-order chi connectivity index (χ0) is 19.9. The molecule has 4 N–H and O–H groups in total. The van der Waals surface area contributed by atoms with Gasteiger partial charge in [-0.25, -0.2) is 0 Å². The Kier molecular flexibility index (Phi) is 6.90. The Labute approximate surface area is 165 Å². The van der Waals surface area contributed by atoms with Gasteiger partial charge in [-0.1, -0.05) is 36.4 Å². The summed E-state index contributed by atoms with van der Waals surface area (Å²) in [6.45, 7) is 1.20. The van der Waals surface area contributed by atoms with Gasteiger partial charge in [0.25, 0.3) is 0 Å². The molecule has 0 fully saturated rings. The zero-order valence-corrected chi connectivity index (χ0v) is 16.2. The summed E-state index contributed by atoms with van der Waals surface area (Å²) in [5, 5.41) is 3.86. The molecule has 0 spiro atoms. The molecule has 4 nitrogen and oxygen atoms in total. The topological polar surface area (TPSA) is 86.2 Å². The first-order valence-corrected chi connectivity index (χ1v) is 10.1. The maximum atomic E-state index is 12.7. The number of carbonyl (C=O) groups is 2. The van der Waals surface area contributed by atoms with E-state index in [-0.39, 0.29) is 11.6 Å². The van der Waals surface area contributed by atoms with E-state index in [1.807, 2.05) is 42.5 Å². The monoisotopic (exact) mass is 376 g/mol. The quantitative estimate of drug-likeness (QED) is 0.307. The van der Waals surface area contributed by atoms with Crippen molar-refractivity contribution >= 4 is 33.1 Å². The fourth-order valence-corrected chi connectivity index (χ4v) is 3.67. The maximum absolute atomic E-state index is 12.7. The lowest BCUT2D eigenvalue weighted by molar-refractivity contribution is 0.0973. The second-order valence-electron chi connectivity index (χ2n) is 7.24. The van der Waals surface area contributed by atoms with Crippen molar-refractivity contribution in [1.82, 2.24) is 0 Å². The highest BCUT2D eigenvalue weighted by atomic mass is 16.1. The smallest absolute Gasteiger partial charge is 0.163 e. The van der Waals surface area contributed by atoms with Crippen molar-refractivity contribution in [3.63, 3.8) is 0 Å². The van der Waals surface area contributed by atoms with Crippen LogP contribution in [-0.4, -0.2) is 24.7 Å². The lowest BCUT2D eigenvalue weighted by Crippen LogP contribution is -2.04. The summed E-state index contributed by atoms with van der Waals surface area (Å²) >= 11 is 0. The van der Waals surface area contributed by atoms with Crippen molar-refractivity contribution in [2.24, 2.45) is 11.5 Å². The third-order valence-electron chi connectivity index (χ3n) is 5.20. The number of nitrogens with two attached hydrogens (primary N) is 2. The van der Waals surface area contributed by atoms with Crippen LogP contribution in [0.4, 0.5) is 0 Å². The average Bonchev–Trinajstić information content (AvgIpc) is 2.71. The van der Waals surface area contributed by atoms with E-state index in [1.54, 1.807) is 0 Å². The van der Waals surface area contributed by atoms with Gasteiger partial charge in [-0.05, 0) is 72.5 Å². The number of hydrogen-bond donors (Lipinski definition) is 2. The molecule has 0 aromatic heterocycles. The number of unbranched alkanes of at least 4 members (excludes halogenated alkanes) is 2. The highest BCUT2D eigenvalue weighted by Gasteiger charge is 2.14. The summed E-state index contributed by atoms with van der Waals surface area (Å²) in [6.07, 6.45) is 4.28. The van der Waals surface area contributed by atoms with Gasteiger partial charge in [0, 0.05) is 24.0 Å². The highest BCUT2D eigenvalue weighted by molar-refractivity contribution is 6.15. The summed E-state index contributed by atoms with van der Waals surface area (Å²) in [7, 11) is 0. The first kappa shape index (κ1) is 20.2. The molecule has 0 atom stereocenters. The van der Waals surface area contributed by atoms with Gasteiger partial charge in [0.2, 0.25) is 0 Å². The Morgan fingerprint density at radius 3 is 1.54 bits per heavy atom. The molecule has 0 amide bonds. The Morgan fingerprint density at radius 1 is 0.643 bits per heavy atom. The van der Waals surface area contributed by atoms with Crippen LogP contribution in [0.25, 0.3) is 21.5 Å². The summed E-state index contributed by atoms with van der Waals surface area (Å²) in [5.74, 6) is 0.260. The van der Waals surface area contributed by atoms with Gasteiger partial charge in [-0.15, -0.1) is 0 Å². The molecule has 3 aromatic rings. The molecule has 0 unspecified atom stereocenters. The SMILES string of the molecule is NCCCCC(=O)c1cccc2cc3cccc(C(=O)CCCCN)c3cc12. The normalized spacial score (nSPS) is 11.2. The fraction of sp³-hybridized carbons (Fsp3) is 0.333. The first-order chi connectivity index (χ1) is 13.7. The molecular weight excluding hydrogens is 348 g/mol. The van der Waals surface area contributed by atoms with Crippen LogP contribution in [0.15, 0.2) is 48.5 Å². The van der Waals surface area contributed by atoms with E-state index in [9.17, 15) is 9.59 Å². The number of rotatable bonds is 10. The minimum atomic E-state index is 0.130. The van der Waals surface area contributed by atoms with Crippen molar-refractivity contribution in [2.75, 3.05) is 13.1 Å². The highest BCUT2D eigenvalue weighted by Crippen LogP contribution is 2.29. The van der Waals surface area contributed by atoms with E-state index in [0.717, 1.165) is 58.4 Å². The standard InChI is InChI=1S/C24H28N2O2/c25-13-3-1-11-23(27)19-9-5-7-17-15-18-8-6-10-20(22(18)16-21(17)19)24(28)12-2-4-14-26/h5-10,15-16H,1-4,11-14,25-26H2. The van der Waals surface area contributed by atoms with Crippen LogP contribution in [0.5, 0.6) is 0 Å². The second-order valence-corrected chi connectivity index (χ2v) is 7.24. The van der Waals surface area contributed by atoms with Crippen LogP contribution in [0.3, 0.4) is 0 Å². The van der Waals surface area contributed by atoms with Gasteiger partial charge >= 0.3 is 0 Å². The van der Waals surface area contributed by atoms with E-state index in [4.69, 9.17) is 11.5 Å². The summed E-state index contributed by atoms with van der Waals surface area (Å²) in [5.41, 5.74) is 12.5. The summed E-state index contributed by atoms with van der Waals surface area (Å²) in [4.78, 5) is 25.5. The maximum Gasteiger partial charge on any atom is 0.163 e. The minimum Gasteiger partial charge on any atom is -0.330 e. The Hall–Kier alpha value is -2.56. The number of Topliss-reactive ketones (excluding diaryl/α,β-unsaturated/α-hetero) is 2. The zero-order valence-electron chi connectivity index (χ0n) is 16.2.